The lowest BCUT2D eigenvalue weighted by molar-refractivity contribution is 0.0268. The Kier molecular flexibility index (Phi) is 7.11. The van der Waals surface area contributed by atoms with E-state index in [0.29, 0.717) is 19.0 Å². The van der Waals surface area contributed by atoms with Crippen molar-refractivity contribution in [3.05, 3.63) is 34.1 Å². The zero-order valence-electron chi connectivity index (χ0n) is 13.0. The van der Waals surface area contributed by atoms with E-state index in [1.54, 1.807) is 13.2 Å². The Balaban J connectivity index is 2.73. The lowest BCUT2D eigenvalue weighted by Crippen LogP contribution is -2.45. The van der Waals surface area contributed by atoms with Crippen molar-refractivity contribution in [1.29, 1.82) is 0 Å². The molecule has 0 heterocycles. The van der Waals surface area contributed by atoms with Crippen LogP contribution in [0.3, 0.4) is 0 Å². The van der Waals surface area contributed by atoms with E-state index in [2.05, 4.69) is 31.6 Å². The number of benzene rings is 1. The molecule has 0 spiro atoms. The summed E-state index contributed by atoms with van der Waals surface area (Å²) in [6, 6.07) is 4.59. The van der Waals surface area contributed by atoms with Crippen LogP contribution < -0.4 is 10.6 Å². The van der Waals surface area contributed by atoms with Crippen LogP contribution >= 0.6 is 15.9 Å². The maximum atomic E-state index is 13.3. The molecule has 118 valence electrons. The zero-order valence-corrected chi connectivity index (χ0v) is 14.6. The quantitative estimate of drug-likeness (QED) is 0.606. The fourth-order valence-electron chi connectivity index (χ4n) is 1.54. The topological polar surface area (TPSA) is 45.7 Å². The predicted octanol–water partition coefficient (Wildman–Crippen LogP) is 3.07. The molecule has 0 aliphatic carbocycles. The SMILES string of the molecule is CCNC(=NCc1cc(F)ccc1Br)NCC(C)(C)OC. The molecule has 0 atom stereocenters. The number of aliphatic imine (C=N–C) groups is 1. The minimum atomic E-state index is -0.282. The summed E-state index contributed by atoms with van der Waals surface area (Å²) in [6.07, 6.45) is 0. The minimum Gasteiger partial charge on any atom is -0.377 e. The molecule has 21 heavy (non-hydrogen) atoms. The van der Waals surface area contributed by atoms with E-state index < -0.39 is 0 Å². The average Bonchev–Trinajstić information content (AvgIpc) is 2.45. The summed E-state index contributed by atoms with van der Waals surface area (Å²) in [5, 5.41) is 6.38. The summed E-state index contributed by atoms with van der Waals surface area (Å²) in [4.78, 5) is 4.47. The summed E-state index contributed by atoms with van der Waals surface area (Å²) in [5.41, 5.74) is 0.522. The van der Waals surface area contributed by atoms with Crippen LogP contribution in [0.4, 0.5) is 4.39 Å². The molecule has 1 rings (SSSR count). The van der Waals surface area contributed by atoms with Crippen LogP contribution in [0.5, 0.6) is 0 Å². The molecule has 0 radical (unpaired) electrons. The van der Waals surface area contributed by atoms with E-state index in [1.165, 1.54) is 12.1 Å². The van der Waals surface area contributed by atoms with Crippen molar-refractivity contribution in [2.45, 2.75) is 32.9 Å². The van der Waals surface area contributed by atoms with Crippen molar-refractivity contribution < 1.29 is 9.13 Å². The van der Waals surface area contributed by atoms with E-state index in [-0.39, 0.29) is 11.4 Å². The lowest BCUT2D eigenvalue weighted by atomic mass is 10.1. The van der Waals surface area contributed by atoms with Gasteiger partial charge in [0.1, 0.15) is 5.82 Å². The highest BCUT2D eigenvalue weighted by Crippen LogP contribution is 2.18. The molecule has 0 aliphatic heterocycles. The third kappa shape index (κ3) is 6.44. The lowest BCUT2D eigenvalue weighted by Gasteiger charge is -2.24. The van der Waals surface area contributed by atoms with Gasteiger partial charge in [-0.2, -0.15) is 0 Å². The van der Waals surface area contributed by atoms with Crippen molar-refractivity contribution >= 4 is 21.9 Å². The first-order valence-electron chi connectivity index (χ1n) is 6.89. The van der Waals surface area contributed by atoms with Gasteiger partial charge in [-0.25, -0.2) is 9.38 Å². The Hall–Kier alpha value is -1.14. The number of rotatable bonds is 6. The molecule has 0 saturated heterocycles. The molecule has 2 N–H and O–H groups in total. The molecule has 0 saturated carbocycles. The van der Waals surface area contributed by atoms with Gasteiger partial charge in [0, 0.05) is 24.7 Å². The van der Waals surface area contributed by atoms with E-state index in [9.17, 15) is 4.39 Å². The summed E-state index contributed by atoms with van der Waals surface area (Å²) >= 11 is 3.40. The van der Waals surface area contributed by atoms with Crippen LogP contribution in [0.25, 0.3) is 0 Å². The average molecular weight is 360 g/mol. The number of methoxy groups -OCH3 is 1. The molecule has 0 amide bonds. The van der Waals surface area contributed by atoms with Crippen molar-refractivity contribution in [3.8, 4) is 0 Å². The molecule has 0 aliphatic rings. The Morgan fingerprint density at radius 1 is 1.38 bits per heavy atom. The van der Waals surface area contributed by atoms with E-state index >= 15 is 0 Å². The second kappa shape index (κ2) is 8.34. The highest BCUT2D eigenvalue weighted by Gasteiger charge is 2.16. The van der Waals surface area contributed by atoms with Gasteiger partial charge in [-0.05, 0) is 44.5 Å². The molecule has 0 fully saturated rings. The molecule has 1 aromatic rings. The fraction of sp³-hybridized carbons (Fsp3) is 0.533. The van der Waals surface area contributed by atoms with Crippen LogP contribution in [-0.4, -0.2) is 31.8 Å². The number of halogens is 2. The summed E-state index contributed by atoms with van der Waals surface area (Å²) in [7, 11) is 1.68. The van der Waals surface area contributed by atoms with Crippen LogP contribution in [0.1, 0.15) is 26.3 Å². The van der Waals surface area contributed by atoms with Crippen molar-refractivity contribution in [2.75, 3.05) is 20.2 Å². The molecule has 0 aromatic heterocycles. The molecule has 6 heteroatoms. The highest BCUT2D eigenvalue weighted by molar-refractivity contribution is 9.10. The van der Waals surface area contributed by atoms with Gasteiger partial charge in [0.05, 0.1) is 12.1 Å². The number of ether oxygens (including phenoxy) is 1. The van der Waals surface area contributed by atoms with Crippen LogP contribution in [-0.2, 0) is 11.3 Å². The Bertz CT molecular complexity index is 492. The highest BCUT2D eigenvalue weighted by atomic mass is 79.9. The predicted molar refractivity (Wildman–Crippen MR) is 88.0 cm³/mol. The van der Waals surface area contributed by atoms with Crippen LogP contribution in [0.15, 0.2) is 27.7 Å². The second-order valence-electron chi connectivity index (χ2n) is 5.25. The number of nitrogens with one attached hydrogen (secondary N) is 2. The molecular weight excluding hydrogens is 337 g/mol. The first kappa shape index (κ1) is 17.9. The summed E-state index contributed by atoms with van der Waals surface area (Å²) in [6.45, 7) is 7.75. The number of hydrogen-bond acceptors (Lipinski definition) is 2. The minimum absolute atomic E-state index is 0.262. The van der Waals surface area contributed by atoms with Crippen molar-refractivity contribution in [2.24, 2.45) is 4.99 Å². The third-order valence-corrected chi connectivity index (χ3v) is 3.77. The smallest absolute Gasteiger partial charge is 0.191 e. The van der Waals surface area contributed by atoms with Gasteiger partial charge in [-0.3, -0.25) is 0 Å². The van der Waals surface area contributed by atoms with Gasteiger partial charge in [-0.15, -0.1) is 0 Å². The monoisotopic (exact) mass is 359 g/mol. The number of nitrogens with zero attached hydrogens (tertiary/aromatic N) is 1. The Morgan fingerprint density at radius 3 is 2.71 bits per heavy atom. The Labute approximate surface area is 134 Å². The third-order valence-electron chi connectivity index (χ3n) is 2.99. The largest absolute Gasteiger partial charge is 0.377 e. The summed E-state index contributed by atoms with van der Waals surface area (Å²) in [5.74, 6) is 0.417. The van der Waals surface area contributed by atoms with Gasteiger partial charge in [-0.1, -0.05) is 15.9 Å². The number of hydrogen-bond donors (Lipinski definition) is 2. The standard InChI is InChI=1S/C15H23BrFN3O/c1-5-18-14(20-10-15(2,3)21-4)19-9-11-8-12(17)6-7-13(11)16/h6-8H,5,9-10H2,1-4H3,(H2,18,19,20). The molecule has 0 unspecified atom stereocenters. The fourth-order valence-corrected chi connectivity index (χ4v) is 1.91. The Morgan fingerprint density at radius 2 is 2.10 bits per heavy atom. The van der Waals surface area contributed by atoms with Gasteiger partial charge < -0.3 is 15.4 Å². The van der Waals surface area contributed by atoms with E-state index in [1.807, 2.05) is 20.8 Å². The number of guanidine groups is 1. The van der Waals surface area contributed by atoms with Gasteiger partial charge >= 0.3 is 0 Å². The maximum Gasteiger partial charge on any atom is 0.191 e. The normalized spacial score (nSPS) is 12.4. The summed E-state index contributed by atoms with van der Waals surface area (Å²) < 4.78 is 19.5. The van der Waals surface area contributed by atoms with E-state index in [4.69, 9.17) is 4.74 Å². The second-order valence-corrected chi connectivity index (χ2v) is 6.10. The zero-order chi connectivity index (χ0) is 15.9. The molecule has 1 aromatic carbocycles. The van der Waals surface area contributed by atoms with Gasteiger partial charge in [0.15, 0.2) is 5.96 Å². The van der Waals surface area contributed by atoms with Crippen LogP contribution in [0, 0.1) is 5.82 Å². The van der Waals surface area contributed by atoms with E-state index in [0.717, 1.165) is 16.6 Å². The molecule has 0 bridgehead atoms. The molecular formula is C15H23BrFN3O. The van der Waals surface area contributed by atoms with Gasteiger partial charge in [0.25, 0.3) is 0 Å². The first-order chi connectivity index (χ1) is 9.88. The van der Waals surface area contributed by atoms with Gasteiger partial charge in [0.2, 0.25) is 0 Å². The maximum absolute atomic E-state index is 13.3. The molecule has 4 nitrogen and oxygen atoms in total. The van der Waals surface area contributed by atoms with Crippen molar-refractivity contribution in [3.63, 3.8) is 0 Å². The van der Waals surface area contributed by atoms with Crippen molar-refractivity contribution in [1.82, 2.24) is 10.6 Å². The van der Waals surface area contributed by atoms with Crippen LogP contribution in [0.2, 0.25) is 0 Å². The first-order valence-corrected chi connectivity index (χ1v) is 7.68.